The van der Waals surface area contributed by atoms with Crippen LogP contribution in [0.15, 0.2) is 24.3 Å². The van der Waals surface area contributed by atoms with E-state index in [1.54, 1.807) is 18.2 Å². The first-order chi connectivity index (χ1) is 10.9. The lowest BCUT2D eigenvalue weighted by Crippen LogP contribution is -2.37. The molecule has 0 aliphatic carbocycles. The monoisotopic (exact) mass is 353 g/mol. The molecule has 0 saturated carbocycles. The SMILES string of the molecule is CC(C)C[C@H](N)C(=O)Nc1ccccc1CN1C(=O)CCC1=O.Cl. The Morgan fingerprint density at radius 1 is 1.21 bits per heavy atom. The maximum absolute atomic E-state index is 12.2. The Morgan fingerprint density at radius 2 is 1.79 bits per heavy atom. The van der Waals surface area contributed by atoms with Crippen LogP contribution in [-0.4, -0.2) is 28.7 Å². The number of nitrogens with zero attached hydrogens (tertiary/aromatic N) is 1. The molecular formula is C17H24ClN3O3. The minimum Gasteiger partial charge on any atom is -0.324 e. The zero-order valence-electron chi connectivity index (χ0n) is 14.0. The van der Waals surface area contributed by atoms with Crippen molar-refractivity contribution in [1.82, 2.24) is 4.90 Å². The zero-order valence-corrected chi connectivity index (χ0v) is 14.8. The van der Waals surface area contributed by atoms with Gasteiger partial charge in [-0.25, -0.2) is 0 Å². The maximum atomic E-state index is 12.2. The van der Waals surface area contributed by atoms with Crippen molar-refractivity contribution in [2.45, 2.75) is 45.7 Å². The third kappa shape index (κ3) is 5.04. The normalized spacial score (nSPS) is 15.4. The lowest BCUT2D eigenvalue weighted by molar-refractivity contribution is -0.139. The molecule has 3 amide bonds. The van der Waals surface area contributed by atoms with Crippen LogP contribution in [0.4, 0.5) is 5.69 Å². The summed E-state index contributed by atoms with van der Waals surface area (Å²) in [5, 5.41) is 2.81. The van der Waals surface area contributed by atoms with E-state index in [9.17, 15) is 14.4 Å². The molecule has 0 unspecified atom stereocenters. The lowest BCUT2D eigenvalue weighted by atomic mass is 10.0. The molecule has 0 spiro atoms. The van der Waals surface area contributed by atoms with E-state index in [-0.39, 0.29) is 49.5 Å². The van der Waals surface area contributed by atoms with Gasteiger partial charge in [0.25, 0.3) is 0 Å². The molecular weight excluding hydrogens is 330 g/mol. The second-order valence-electron chi connectivity index (χ2n) is 6.26. The molecule has 1 aromatic carbocycles. The summed E-state index contributed by atoms with van der Waals surface area (Å²) in [6, 6.07) is 6.56. The summed E-state index contributed by atoms with van der Waals surface area (Å²) in [6.07, 6.45) is 1.11. The highest BCUT2D eigenvalue weighted by Crippen LogP contribution is 2.21. The lowest BCUT2D eigenvalue weighted by Gasteiger charge is -2.19. The Hall–Kier alpha value is -1.92. The zero-order chi connectivity index (χ0) is 17.0. The number of nitrogens with two attached hydrogens (primary N) is 1. The first-order valence-corrected chi connectivity index (χ1v) is 7.86. The van der Waals surface area contributed by atoms with Crippen LogP contribution in [0.25, 0.3) is 0 Å². The van der Waals surface area contributed by atoms with Crippen molar-refractivity contribution in [1.29, 1.82) is 0 Å². The molecule has 1 saturated heterocycles. The highest BCUT2D eigenvalue weighted by atomic mass is 35.5. The van der Waals surface area contributed by atoms with Crippen LogP contribution in [0.5, 0.6) is 0 Å². The fraction of sp³-hybridized carbons (Fsp3) is 0.471. The second kappa shape index (κ2) is 8.80. The molecule has 3 N–H and O–H groups in total. The van der Waals surface area contributed by atoms with Gasteiger partial charge in [0.05, 0.1) is 12.6 Å². The number of likely N-dealkylation sites (tertiary alicyclic amines) is 1. The average Bonchev–Trinajstić information content (AvgIpc) is 2.80. The Bertz CT molecular complexity index is 603. The summed E-state index contributed by atoms with van der Waals surface area (Å²) < 4.78 is 0. The summed E-state index contributed by atoms with van der Waals surface area (Å²) in [7, 11) is 0. The number of para-hydroxylation sites is 1. The van der Waals surface area contributed by atoms with Crippen LogP contribution in [0.3, 0.4) is 0 Å². The van der Waals surface area contributed by atoms with Crippen molar-refractivity contribution in [3.63, 3.8) is 0 Å². The number of carbonyl (C=O) groups is 3. The number of imide groups is 1. The maximum Gasteiger partial charge on any atom is 0.241 e. The molecule has 0 radical (unpaired) electrons. The van der Waals surface area contributed by atoms with Gasteiger partial charge in [-0.1, -0.05) is 32.0 Å². The summed E-state index contributed by atoms with van der Waals surface area (Å²) in [5.41, 5.74) is 7.20. The molecule has 6 nitrogen and oxygen atoms in total. The molecule has 1 atom stereocenters. The number of carbonyl (C=O) groups excluding carboxylic acids is 3. The Balaban J connectivity index is 0.00000288. The molecule has 2 rings (SSSR count). The number of hydrogen-bond donors (Lipinski definition) is 2. The first kappa shape index (κ1) is 20.1. The van der Waals surface area contributed by atoms with E-state index in [1.807, 2.05) is 19.9 Å². The largest absolute Gasteiger partial charge is 0.324 e. The standard InChI is InChI=1S/C17H23N3O3.ClH/c1-11(2)9-13(18)17(23)19-14-6-4-3-5-12(14)10-20-15(21)7-8-16(20)22;/h3-6,11,13H,7-10,18H2,1-2H3,(H,19,23);1H/t13-;/m0./s1. The smallest absolute Gasteiger partial charge is 0.241 e. The van der Waals surface area contributed by atoms with Gasteiger partial charge in [0.2, 0.25) is 17.7 Å². The fourth-order valence-electron chi connectivity index (χ4n) is 2.59. The molecule has 1 aromatic rings. The van der Waals surface area contributed by atoms with Crippen LogP contribution >= 0.6 is 12.4 Å². The molecule has 7 heteroatoms. The summed E-state index contributed by atoms with van der Waals surface area (Å²) in [5.74, 6) is -0.281. The molecule has 1 fully saturated rings. The van der Waals surface area contributed by atoms with E-state index >= 15 is 0 Å². The molecule has 1 aliphatic heterocycles. The van der Waals surface area contributed by atoms with Crippen molar-refractivity contribution >= 4 is 35.8 Å². The molecule has 0 aromatic heterocycles. The van der Waals surface area contributed by atoms with Gasteiger partial charge < -0.3 is 11.1 Å². The van der Waals surface area contributed by atoms with Gasteiger partial charge in [-0.2, -0.15) is 0 Å². The number of anilines is 1. The van der Waals surface area contributed by atoms with Crippen molar-refractivity contribution in [2.75, 3.05) is 5.32 Å². The van der Waals surface area contributed by atoms with Gasteiger partial charge in [0.1, 0.15) is 0 Å². The topological polar surface area (TPSA) is 92.5 Å². The van der Waals surface area contributed by atoms with E-state index in [2.05, 4.69) is 5.32 Å². The number of nitrogens with one attached hydrogen (secondary N) is 1. The van der Waals surface area contributed by atoms with E-state index in [1.165, 1.54) is 4.90 Å². The fourth-order valence-corrected chi connectivity index (χ4v) is 2.59. The highest BCUT2D eigenvalue weighted by molar-refractivity contribution is 6.02. The van der Waals surface area contributed by atoms with Crippen LogP contribution < -0.4 is 11.1 Å². The number of amides is 3. The predicted octanol–water partition coefficient (Wildman–Crippen LogP) is 2.07. The van der Waals surface area contributed by atoms with Gasteiger partial charge in [0.15, 0.2) is 0 Å². The summed E-state index contributed by atoms with van der Waals surface area (Å²) in [6.45, 7) is 4.19. The van der Waals surface area contributed by atoms with E-state index in [0.717, 1.165) is 5.56 Å². The number of halogens is 1. The van der Waals surface area contributed by atoms with Gasteiger partial charge in [-0.3, -0.25) is 19.3 Å². The van der Waals surface area contributed by atoms with Gasteiger partial charge in [-0.15, -0.1) is 12.4 Å². The van der Waals surface area contributed by atoms with E-state index in [4.69, 9.17) is 5.73 Å². The second-order valence-corrected chi connectivity index (χ2v) is 6.26. The van der Waals surface area contributed by atoms with Gasteiger partial charge >= 0.3 is 0 Å². The van der Waals surface area contributed by atoms with Crippen molar-refractivity contribution in [2.24, 2.45) is 11.7 Å². The minimum absolute atomic E-state index is 0. The predicted molar refractivity (Wildman–Crippen MR) is 94.5 cm³/mol. The summed E-state index contributed by atoms with van der Waals surface area (Å²) in [4.78, 5) is 36.9. The van der Waals surface area contributed by atoms with Crippen molar-refractivity contribution < 1.29 is 14.4 Å². The number of benzene rings is 1. The Kier molecular flexibility index (Phi) is 7.38. The Morgan fingerprint density at radius 3 is 2.38 bits per heavy atom. The molecule has 24 heavy (non-hydrogen) atoms. The third-order valence-corrected chi connectivity index (χ3v) is 3.82. The third-order valence-electron chi connectivity index (χ3n) is 3.82. The van der Waals surface area contributed by atoms with Gasteiger partial charge in [0, 0.05) is 18.5 Å². The van der Waals surface area contributed by atoms with Crippen molar-refractivity contribution in [3.05, 3.63) is 29.8 Å². The highest BCUT2D eigenvalue weighted by Gasteiger charge is 2.29. The first-order valence-electron chi connectivity index (χ1n) is 7.86. The molecule has 1 aliphatic rings. The van der Waals surface area contributed by atoms with Crippen LogP contribution in [0, 0.1) is 5.92 Å². The molecule has 0 bridgehead atoms. The molecule has 1 heterocycles. The van der Waals surface area contributed by atoms with Crippen LogP contribution in [0.2, 0.25) is 0 Å². The Labute approximate surface area is 148 Å². The number of hydrogen-bond acceptors (Lipinski definition) is 4. The molecule has 132 valence electrons. The van der Waals surface area contributed by atoms with Crippen LogP contribution in [0.1, 0.15) is 38.7 Å². The van der Waals surface area contributed by atoms with Crippen molar-refractivity contribution in [3.8, 4) is 0 Å². The van der Waals surface area contributed by atoms with Gasteiger partial charge in [-0.05, 0) is 24.0 Å². The van der Waals surface area contributed by atoms with E-state index < -0.39 is 6.04 Å². The minimum atomic E-state index is -0.585. The number of rotatable bonds is 6. The quantitative estimate of drug-likeness (QED) is 0.766. The average molecular weight is 354 g/mol. The van der Waals surface area contributed by atoms with E-state index in [0.29, 0.717) is 18.0 Å². The summed E-state index contributed by atoms with van der Waals surface area (Å²) >= 11 is 0. The van der Waals surface area contributed by atoms with Crippen LogP contribution in [-0.2, 0) is 20.9 Å².